The first-order valence-electron chi connectivity index (χ1n) is 12.7. The van der Waals surface area contributed by atoms with Crippen LogP contribution in [0.2, 0.25) is 0 Å². The van der Waals surface area contributed by atoms with Gasteiger partial charge in [0.15, 0.2) is 5.82 Å². The van der Waals surface area contributed by atoms with Gasteiger partial charge in [0.1, 0.15) is 17.5 Å². The van der Waals surface area contributed by atoms with Crippen LogP contribution in [0.1, 0.15) is 31.9 Å². The highest BCUT2D eigenvalue weighted by molar-refractivity contribution is 5.95. The highest BCUT2D eigenvalue weighted by atomic mass is 16.5. The summed E-state index contributed by atoms with van der Waals surface area (Å²) in [7, 11) is 1.58. The SMILES string of the molecule is CCN(CC)c1ncc(N(CC)C(=O)NCc2ccccc2)c(NC(Cc2ccc(OC)cc2)C(=O)O)n1. The first-order chi connectivity index (χ1) is 18.4. The molecule has 0 aliphatic heterocycles. The second-order valence-corrected chi connectivity index (χ2v) is 8.55. The Morgan fingerprint density at radius 3 is 2.24 bits per heavy atom. The summed E-state index contributed by atoms with van der Waals surface area (Å²) in [5, 5.41) is 16.0. The first-order valence-corrected chi connectivity index (χ1v) is 12.7. The molecule has 202 valence electrons. The van der Waals surface area contributed by atoms with Crippen molar-refractivity contribution in [2.75, 3.05) is 41.9 Å². The quantitative estimate of drug-likeness (QED) is 0.307. The van der Waals surface area contributed by atoms with E-state index in [1.165, 1.54) is 4.90 Å². The van der Waals surface area contributed by atoms with Gasteiger partial charge in [-0.3, -0.25) is 4.90 Å². The lowest BCUT2D eigenvalue weighted by atomic mass is 10.1. The number of nitrogens with zero attached hydrogens (tertiary/aromatic N) is 4. The Bertz CT molecular complexity index is 1190. The number of anilines is 3. The van der Waals surface area contributed by atoms with E-state index < -0.39 is 12.0 Å². The van der Waals surface area contributed by atoms with Gasteiger partial charge < -0.3 is 25.4 Å². The van der Waals surface area contributed by atoms with Crippen molar-refractivity contribution in [1.82, 2.24) is 15.3 Å². The number of aromatic nitrogens is 2. The molecule has 10 nitrogen and oxygen atoms in total. The molecule has 2 aromatic carbocycles. The molecule has 38 heavy (non-hydrogen) atoms. The lowest BCUT2D eigenvalue weighted by Gasteiger charge is -2.27. The maximum absolute atomic E-state index is 13.2. The Morgan fingerprint density at radius 2 is 1.66 bits per heavy atom. The second kappa shape index (κ2) is 13.8. The van der Waals surface area contributed by atoms with E-state index in [0.29, 0.717) is 43.6 Å². The minimum Gasteiger partial charge on any atom is -0.497 e. The zero-order valence-electron chi connectivity index (χ0n) is 22.3. The monoisotopic (exact) mass is 520 g/mol. The fraction of sp³-hybridized carbons (Fsp3) is 0.357. The normalized spacial score (nSPS) is 11.4. The molecule has 0 fully saturated rings. The summed E-state index contributed by atoms with van der Waals surface area (Å²) in [6, 6.07) is 15.5. The van der Waals surface area contributed by atoms with Crippen molar-refractivity contribution in [3.63, 3.8) is 0 Å². The highest BCUT2D eigenvalue weighted by Crippen LogP contribution is 2.27. The molecule has 10 heteroatoms. The Hall–Kier alpha value is -4.34. The van der Waals surface area contributed by atoms with Gasteiger partial charge in [0.25, 0.3) is 0 Å². The van der Waals surface area contributed by atoms with Gasteiger partial charge in [0, 0.05) is 32.6 Å². The number of methoxy groups -OCH3 is 1. The number of aliphatic carboxylic acids is 1. The number of carbonyl (C=O) groups excluding carboxylic acids is 1. The number of carbonyl (C=O) groups is 2. The van der Waals surface area contributed by atoms with E-state index in [9.17, 15) is 14.7 Å². The van der Waals surface area contributed by atoms with Gasteiger partial charge in [0.05, 0.1) is 13.3 Å². The Balaban J connectivity index is 1.92. The molecule has 0 saturated carbocycles. The van der Waals surface area contributed by atoms with Crippen molar-refractivity contribution in [2.45, 2.75) is 39.8 Å². The molecule has 0 radical (unpaired) electrons. The van der Waals surface area contributed by atoms with Crippen LogP contribution < -0.4 is 25.2 Å². The van der Waals surface area contributed by atoms with E-state index in [1.807, 2.05) is 68.1 Å². The van der Waals surface area contributed by atoms with Crippen molar-refractivity contribution in [2.24, 2.45) is 0 Å². The Morgan fingerprint density at radius 1 is 0.974 bits per heavy atom. The van der Waals surface area contributed by atoms with Crippen molar-refractivity contribution >= 4 is 29.5 Å². The summed E-state index contributed by atoms with van der Waals surface area (Å²) in [4.78, 5) is 38.1. The summed E-state index contributed by atoms with van der Waals surface area (Å²) in [5.74, 6) is 0.386. The van der Waals surface area contributed by atoms with Gasteiger partial charge in [0.2, 0.25) is 5.95 Å². The molecule has 3 rings (SSSR count). The van der Waals surface area contributed by atoms with Crippen LogP contribution in [-0.2, 0) is 17.8 Å². The van der Waals surface area contributed by atoms with Crippen LogP contribution in [0.3, 0.4) is 0 Å². The zero-order valence-corrected chi connectivity index (χ0v) is 22.3. The summed E-state index contributed by atoms with van der Waals surface area (Å²) in [6.07, 6.45) is 1.77. The summed E-state index contributed by atoms with van der Waals surface area (Å²) in [6.45, 7) is 7.87. The molecule has 3 aromatic rings. The Kier molecular flexibility index (Phi) is 10.3. The van der Waals surface area contributed by atoms with Gasteiger partial charge in [-0.1, -0.05) is 42.5 Å². The molecule has 3 N–H and O–H groups in total. The number of nitrogens with one attached hydrogen (secondary N) is 2. The lowest BCUT2D eigenvalue weighted by molar-refractivity contribution is -0.137. The molecule has 1 aromatic heterocycles. The molecule has 0 saturated heterocycles. The molecular formula is C28H36N6O4. The number of benzene rings is 2. The van der Waals surface area contributed by atoms with E-state index in [4.69, 9.17) is 4.74 Å². The lowest BCUT2D eigenvalue weighted by Crippen LogP contribution is -2.41. The van der Waals surface area contributed by atoms with Crippen LogP contribution in [0.25, 0.3) is 0 Å². The number of rotatable bonds is 13. The predicted molar refractivity (Wildman–Crippen MR) is 149 cm³/mol. The molecule has 0 aliphatic carbocycles. The average molecular weight is 521 g/mol. The molecule has 1 atom stereocenters. The summed E-state index contributed by atoms with van der Waals surface area (Å²) >= 11 is 0. The van der Waals surface area contributed by atoms with Crippen molar-refractivity contribution in [3.05, 3.63) is 71.9 Å². The van der Waals surface area contributed by atoms with Crippen LogP contribution in [0.5, 0.6) is 5.75 Å². The van der Waals surface area contributed by atoms with Gasteiger partial charge in [-0.2, -0.15) is 4.98 Å². The smallest absolute Gasteiger partial charge is 0.326 e. The largest absolute Gasteiger partial charge is 0.497 e. The highest BCUT2D eigenvalue weighted by Gasteiger charge is 2.25. The predicted octanol–water partition coefficient (Wildman–Crippen LogP) is 4.18. The van der Waals surface area contributed by atoms with Gasteiger partial charge in [-0.15, -0.1) is 0 Å². The van der Waals surface area contributed by atoms with Gasteiger partial charge in [-0.25, -0.2) is 14.6 Å². The number of hydrogen-bond acceptors (Lipinski definition) is 7. The van der Waals surface area contributed by atoms with Crippen LogP contribution in [0, 0.1) is 0 Å². The molecule has 0 aliphatic rings. The van der Waals surface area contributed by atoms with Gasteiger partial charge >= 0.3 is 12.0 Å². The molecular weight excluding hydrogens is 484 g/mol. The van der Waals surface area contributed by atoms with Crippen LogP contribution in [0.15, 0.2) is 60.8 Å². The standard InChI is InChI=1S/C28H36N6O4/c1-5-33(6-2)27-29-19-24(34(7-3)28(37)30-18-21-11-9-8-10-12-21)25(32-27)31-23(26(35)36)17-20-13-15-22(38-4)16-14-20/h8-16,19,23H,5-7,17-18H2,1-4H3,(H,30,37)(H,35,36)(H,29,31,32). The molecule has 1 heterocycles. The number of ether oxygens (including phenoxy) is 1. The van der Waals surface area contributed by atoms with Crippen LogP contribution >= 0.6 is 0 Å². The third kappa shape index (κ3) is 7.34. The maximum Gasteiger partial charge on any atom is 0.326 e. The van der Waals surface area contributed by atoms with Crippen molar-refractivity contribution < 1.29 is 19.4 Å². The second-order valence-electron chi connectivity index (χ2n) is 8.55. The fourth-order valence-corrected chi connectivity index (χ4v) is 3.98. The number of carboxylic acid groups (broad SMARTS) is 1. The van der Waals surface area contributed by atoms with Gasteiger partial charge in [-0.05, 0) is 44.0 Å². The Labute approximate surface area is 223 Å². The third-order valence-electron chi connectivity index (χ3n) is 6.15. The van der Waals surface area contributed by atoms with Crippen LogP contribution in [0.4, 0.5) is 22.2 Å². The third-order valence-corrected chi connectivity index (χ3v) is 6.15. The maximum atomic E-state index is 13.2. The van der Waals surface area contributed by atoms with Crippen molar-refractivity contribution in [1.29, 1.82) is 0 Å². The van der Waals surface area contributed by atoms with Crippen molar-refractivity contribution in [3.8, 4) is 5.75 Å². The number of hydrogen-bond donors (Lipinski definition) is 3. The van der Waals surface area contributed by atoms with E-state index >= 15 is 0 Å². The molecule has 1 unspecified atom stereocenters. The summed E-state index contributed by atoms with van der Waals surface area (Å²) in [5.41, 5.74) is 2.18. The fourth-order valence-electron chi connectivity index (χ4n) is 3.98. The van der Waals surface area contributed by atoms with E-state index in [1.54, 1.807) is 25.4 Å². The summed E-state index contributed by atoms with van der Waals surface area (Å²) < 4.78 is 5.20. The van der Waals surface area contributed by atoms with E-state index in [0.717, 1.165) is 11.1 Å². The van der Waals surface area contributed by atoms with E-state index in [-0.39, 0.29) is 18.3 Å². The minimum absolute atomic E-state index is 0.204. The number of urea groups is 1. The van der Waals surface area contributed by atoms with E-state index in [2.05, 4.69) is 20.6 Å². The molecule has 2 amide bonds. The molecule has 0 spiro atoms. The topological polar surface area (TPSA) is 120 Å². The average Bonchev–Trinajstić information content (AvgIpc) is 2.94. The first kappa shape index (κ1) is 28.2. The minimum atomic E-state index is -1.04. The number of amides is 2. The molecule has 0 bridgehead atoms. The zero-order chi connectivity index (χ0) is 27.5. The number of carboxylic acids is 1. The van der Waals surface area contributed by atoms with Crippen LogP contribution in [-0.4, -0.2) is 59.9 Å².